The minimum Gasteiger partial charge on any atom is -0.480 e. The van der Waals surface area contributed by atoms with Crippen LogP contribution in [0.15, 0.2) is 84.9 Å². The van der Waals surface area contributed by atoms with Crippen LogP contribution in [-0.2, 0) is 36.7 Å². The molecule has 1 amide bonds. The summed E-state index contributed by atoms with van der Waals surface area (Å²) in [5.74, 6) is -3.35. The fraction of sp³-hybridized carbons (Fsp3) is 0.425. The molecule has 48 heavy (non-hydrogen) atoms. The molecule has 8 heteroatoms. The van der Waals surface area contributed by atoms with Crippen molar-refractivity contribution in [2.45, 2.75) is 89.3 Å². The summed E-state index contributed by atoms with van der Waals surface area (Å²) in [6.07, 6.45) is 8.43. The number of hydrogen-bond acceptors (Lipinski definition) is 5. The number of nitrogens with one attached hydrogen (secondary N) is 1. The Kier molecular flexibility index (Phi) is 15.4. The molecule has 4 aromatic carbocycles. The van der Waals surface area contributed by atoms with Gasteiger partial charge in [0.1, 0.15) is 6.61 Å². The van der Waals surface area contributed by atoms with Gasteiger partial charge in [-0.05, 0) is 71.2 Å². The zero-order valence-electron chi connectivity index (χ0n) is 27.8. The average Bonchev–Trinajstić information content (AvgIpc) is 3.09. The van der Waals surface area contributed by atoms with Gasteiger partial charge in [-0.25, -0.2) is 9.59 Å². The van der Waals surface area contributed by atoms with E-state index in [0.717, 1.165) is 70.6 Å². The van der Waals surface area contributed by atoms with Crippen LogP contribution < -0.4 is 5.32 Å². The molecule has 0 radical (unpaired) electrons. The Hall–Kier alpha value is -4.27. The van der Waals surface area contributed by atoms with Gasteiger partial charge in [-0.15, -0.1) is 0 Å². The van der Waals surface area contributed by atoms with Crippen molar-refractivity contribution in [3.05, 3.63) is 96.1 Å². The van der Waals surface area contributed by atoms with Gasteiger partial charge < -0.3 is 25.0 Å². The predicted octanol–water partition coefficient (Wildman–Crippen LogP) is 7.74. The van der Waals surface area contributed by atoms with Crippen molar-refractivity contribution in [3.8, 4) is 0 Å². The van der Waals surface area contributed by atoms with Gasteiger partial charge in [-0.2, -0.15) is 0 Å². The molecule has 4 rings (SSSR count). The predicted molar refractivity (Wildman–Crippen MR) is 189 cm³/mol. The number of carboxylic acids is 2. The Morgan fingerprint density at radius 3 is 1.60 bits per heavy atom. The first-order valence-electron chi connectivity index (χ1n) is 17.3. The second-order valence-corrected chi connectivity index (χ2v) is 12.4. The lowest BCUT2D eigenvalue weighted by molar-refractivity contribution is -0.172. The van der Waals surface area contributed by atoms with Gasteiger partial charge in [0.15, 0.2) is 12.2 Å². The largest absolute Gasteiger partial charge is 0.480 e. The van der Waals surface area contributed by atoms with E-state index in [1.807, 2.05) is 12.1 Å². The van der Waals surface area contributed by atoms with E-state index >= 15 is 0 Å². The molecule has 2 atom stereocenters. The summed E-state index contributed by atoms with van der Waals surface area (Å²) in [5, 5.41) is 26.5. The smallest absolute Gasteiger partial charge is 0.336 e. The van der Waals surface area contributed by atoms with Crippen molar-refractivity contribution < 1.29 is 34.1 Å². The maximum Gasteiger partial charge on any atom is 0.336 e. The Morgan fingerprint density at radius 1 is 0.562 bits per heavy atom. The molecule has 0 aliphatic carbocycles. The van der Waals surface area contributed by atoms with Crippen LogP contribution in [0, 0.1) is 0 Å². The summed E-state index contributed by atoms with van der Waals surface area (Å²) in [6, 6.07) is 29.9. The van der Waals surface area contributed by atoms with E-state index in [1.165, 1.54) is 32.7 Å². The molecule has 3 N–H and O–H groups in total. The van der Waals surface area contributed by atoms with Gasteiger partial charge >= 0.3 is 11.9 Å². The van der Waals surface area contributed by atoms with E-state index in [-0.39, 0.29) is 6.61 Å². The number of rotatable bonds is 23. The number of aryl methyl sites for hydroxylation is 2. The summed E-state index contributed by atoms with van der Waals surface area (Å²) in [7, 11) is 0. The third kappa shape index (κ3) is 12.4. The van der Waals surface area contributed by atoms with E-state index in [1.54, 1.807) is 0 Å². The number of fused-ring (bicyclic) bond motifs is 2. The van der Waals surface area contributed by atoms with E-state index in [4.69, 9.17) is 14.6 Å². The van der Waals surface area contributed by atoms with Crippen molar-refractivity contribution in [1.82, 2.24) is 5.32 Å². The van der Waals surface area contributed by atoms with Crippen LogP contribution in [0.4, 0.5) is 0 Å². The number of carbonyl (C=O) groups excluding carboxylic acids is 1. The lowest BCUT2D eigenvalue weighted by Gasteiger charge is -2.23. The van der Waals surface area contributed by atoms with Crippen LogP contribution >= 0.6 is 0 Å². The van der Waals surface area contributed by atoms with Gasteiger partial charge in [0, 0.05) is 13.2 Å². The maximum absolute atomic E-state index is 13.0. The first-order valence-corrected chi connectivity index (χ1v) is 17.3. The third-order valence-corrected chi connectivity index (χ3v) is 8.64. The quantitative estimate of drug-likeness (QED) is 0.0699. The average molecular weight is 656 g/mol. The van der Waals surface area contributed by atoms with E-state index in [2.05, 4.69) is 78.1 Å². The molecule has 0 saturated carbocycles. The molecular weight excluding hydrogens is 606 g/mol. The topological polar surface area (TPSA) is 122 Å². The van der Waals surface area contributed by atoms with Crippen LogP contribution in [-0.4, -0.2) is 60.0 Å². The number of carbonyl (C=O) groups is 3. The first kappa shape index (κ1) is 36.6. The molecule has 8 nitrogen and oxygen atoms in total. The zero-order chi connectivity index (χ0) is 34.0. The molecule has 0 bridgehead atoms. The number of aliphatic carboxylic acids is 2. The molecule has 0 aliphatic heterocycles. The Morgan fingerprint density at radius 2 is 1.06 bits per heavy atom. The van der Waals surface area contributed by atoms with Crippen molar-refractivity contribution in [2.24, 2.45) is 0 Å². The number of carboxylic acid groups (broad SMARTS) is 2. The highest BCUT2D eigenvalue weighted by Gasteiger charge is 2.36. The Labute approximate surface area is 283 Å². The summed E-state index contributed by atoms with van der Waals surface area (Å²) in [5.41, 5.74) is 2.66. The molecule has 2 unspecified atom stereocenters. The van der Waals surface area contributed by atoms with Crippen LogP contribution in [0.5, 0.6) is 0 Å². The fourth-order valence-corrected chi connectivity index (χ4v) is 6.01. The highest BCUT2D eigenvalue weighted by molar-refractivity contribution is 5.88. The molecule has 0 aliphatic rings. The lowest BCUT2D eigenvalue weighted by Crippen LogP contribution is -2.49. The highest BCUT2D eigenvalue weighted by Crippen LogP contribution is 2.19. The maximum atomic E-state index is 13.0. The van der Waals surface area contributed by atoms with E-state index in [9.17, 15) is 19.5 Å². The normalized spacial score (nSPS) is 12.6. The van der Waals surface area contributed by atoms with Crippen LogP contribution in [0.25, 0.3) is 21.5 Å². The third-order valence-electron chi connectivity index (χ3n) is 8.64. The standard InChI is InChI=1S/C40H49NO7/c42-36(43)29-48-38(40(45)46)37(47-26-14-6-2-4-8-16-31-22-24-33-18-10-12-20-35(33)28-31)39(44)41-25-13-5-1-3-7-15-30-21-23-32-17-9-11-19-34(32)27-30/h9-12,17-24,27-28,37-38H,1-8,13-16,25-26,29H2,(H,41,44)(H,42,43)(H,45,46). The highest BCUT2D eigenvalue weighted by atomic mass is 16.6. The van der Waals surface area contributed by atoms with Gasteiger partial charge in [0.2, 0.25) is 0 Å². The second-order valence-electron chi connectivity index (χ2n) is 12.4. The Balaban J connectivity index is 1.12. The van der Waals surface area contributed by atoms with Crippen molar-refractivity contribution in [1.29, 1.82) is 0 Å². The number of amides is 1. The summed E-state index contributed by atoms with van der Waals surface area (Å²) in [6.45, 7) is -0.271. The molecule has 0 saturated heterocycles. The SMILES string of the molecule is O=C(O)COC(C(=O)O)C(OCCCCCCCc1ccc2ccccc2c1)C(=O)NCCCCCCCc1ccc2ccccc2c1. The van der Waals surface area contributed by atoms with Crippen molar-refractivity contribution in [2.75, 3.05) is 19.8 Å². The molecule has 0 spiro atoms. The number of unbranched alkanes of at least 4 members (excludes halogenated alkanes) is 8. The van der Waals surface area contributed by atoms with Gasteiger partial charge in [0.25, 0.3) is 5.91 Å². The van der Waals surface area contributed by atoms with Crippen LogP contribution in [0.2, 0.25) is 0 Å². The number of ether oxygens (including phenoxy) is 2. The molecule has 256 valence electrons. The first-order chi connectivity index (χ1) is 23.4. The number of hydrogen-bond donors (Lipinski definition) is 3. The van der Waals surface area contributed by atoms with Crippen LogP contribution in [0.3, 0.4) is 0 Å². The summed E-state index contributed by atoms with van der Waals surface area (Å²) in [4.78, 5) is 36.0. The summed E-state index contributed by atoms with van der Waals surface area (Å²) >= 11 is 0. The van der Waals surface area contributed by atoms with Crippen LogP contribution in [0.1, 0.15) is 75.3 Å². The minimum atomic E-state index is -1.71. The Bertz CT molecular complexity index is 1600. The van der Waals surface area contributed by atoms with Gasteiger partial charge in [0.05, 0.1) is 0 Å². The fourth-order valence-electron chi connectivity index (χ4n) is 6.01. The van der Waals surface area contributed by atoms with Gasteiger partial charge in [-0.3, -0.25) is 4.79 Å². The van der Waals surface area contributed by atoms with E-state index in [0.29, 0.717) is 13.0 Å². The summed E-state index contributed by atoms with van der Waals surface area (Å²) < 4.78 is 10.8. The van der Waals surface area contributed by atoms with Crippen molar-refractivity contribution >= 4 is 39.4 Å². The second kappa shape index (κ2) is 20.2. The van der Waals surface area contributed by atoms with Crippen molar-refractivity contribution in [3.63, 3.8) is 0 Å². The number of benzene rings is 4. The van der Waals surface area contributed by atoms with E-state index < -0.39 is 36.7 Å². The lowest BCUT2D eigenvalue weighted by atomic mass is 10.0. The molecule has 0 aromatic heterocycles. The molecular formula is C40H49NO7. The minimum absolute atomic E-state index is 0.181. The molecule has 4 aromatic rings. The monoisotopic (exact) mass is 655 g/mol. The molecule has 0 fully saturated rings. The molecule has 0 heterocycles. The van der Waals surface area contributed by atoms with Gasteiger partial charge in [-0.1, -0.05) is 123 Å². The zero-order valence-corrected chi connectivity index (χ0v) is 27.8.